The lowest BCUT2D eigenvalue weighted by Crippen LogP contribution is -2.20. The molecule has 1 aromatic rings. The van der Waals surface area contributed by atoms with Crippen LogP contribution in [0, 0.1) is 5.92 Å². The maximum atomic E-state index is 5.48. The Morgan fingerprint density at radius 2 is 2.27 bits per heavy atom. The number of aromatic nitrogens is 2. The van der Waals surface area contributed by atoms with E-state index in [1.165, 1.54) is 19.3 Å². The molecule has 1 atom stereocenters. The van der Waals surface area contributed by atoms with E-state index in [-0.39, 0.29) is 0 Å². The van der Waals surface area contributed by atoms with E-state index >= 15 is 0 Å². The van der Waals surface area contributed by atoms with E-state index in [9.17, 15) is 0 Å². The average molecular weight is 206 g/mol. The van der Waals surface area contributed by atoms with E-state index in [2.05, 4.69) is 22.4 Å². The molecule has 82 valence electrons. The zero-order valence-corrected chi connectivity index (χ0v) is 9.11. The highest BCUT2D eigenvalue weighted by Crippen LogP contribution is 2.34. The minimum absolute atomic E-state index is 0.468. The van der Waals surface area contributed by atoms with Crippen molar-refractivity contribution in [2.24, 2.45) is 5.92 Å². The largest absolute Gasteiger partial charge is 0.382 e. The van der Waals surface area contributed by atoms with Gasteiger partial charge in [0.25, 0.3) is 0 Å². The number of nitrogens with one attached hydrogen (secondary N) is 1. The Morgan fingerprint density at radius 3 is 2.80 bits per heavy atom. The summed E-state index contributed by atoms with van der Waals surface area (Å²) in [5.74, 6) is 2.23. The number of nitrogens with two attached hydrogens (primary N) is 1. The molecule has 1 aliphatic rings. The monoisotopic (exact) mass is 206 g/mol. The molecule has 1 heterocycles. The van der Waals surface area contributed by atoms with Gasteiger partial charge >= 0.3 is 0 Å². The maximum Gasteiger partial charge on any atom is 0.149 e. The summed E-state index contributed by atoms with van der Waals surface area (Å²) in [7, 11) is 0. The van der Waals surface area contributed by atoms with Gasteiger partial charge in [0.2, 0.25) is 0 Å². The van der Waals surface area contributed by atoms with Gasteiger partial charge in [-0.15, -0.1) is 10.2 Å². The molecule has 0 saturated heterocycles. The Morgan fingerprint density at radius 1 is 1.47 bits per heavy atom. The Kier molecular flexibility index (Phi) is 3.04. The minimum atomic E-state index is 0.468. The molecular formula is C11H18N4. The molecule has 1 aliphatic carbocycles. The molecule has 0 radical (unpaired) electrons. The van der Waals surface area contributed by atoms with Crippen LogP contribution < -0.4 is 11.1 Å². The molecular weight excluding hydrogens is 188 g/mol. The van der Waals surface area contributed by atoms with Gasteiger partial charge in [-0.05, 0) is 30.9 Å². The summed E-state index contributed by atoms with van der Waals surface area (Å²) < 4.78 is 0. The van der Waals surface area contributed by atoms with Gasteiger partial charge in [0.1, 0.15) is 11.6 Å². The third kappa shape index (κ3) is 3.08. The summed E-state index contributed by atoms with van der Waals surface area (Å²) in [4.78, 5) is 0. The molecule has 2 rings (SSSR count). The van der Waals surface area contributed by atoms with Gasteiger partial charge in [-0.2, -0.15) is 0 Å². The Labute approximate surface area is 90.3 Å². The molecule has 4 nitrogen and oxygen atoms in total. The highest BCUT2D eigenvalue weighted by Gasteiger charge is 2.24. The van der Waals surface area contributed by atoms with Gasteiger partial charge < -0.3 is 11.1 Å². The van der Waals surface area contributed by atoms with Crippen molar-refractivity contribution in [1.82, 2.24) is 10.2 Å². The first-order valence-electron chi connectivity index (χ1n) is 5.63. The van der Waals surface area contributed by atoms with Crippen molar-refractivity contribution >= 4 is 11.6 Å². The fourth-order valence-electron chi connectivity index (χ4n) is 1.71. The minimum Gasteiger partial charge on any atom is -0.382 e. The molecule has 0 aromatic carbocycles. The molecule has 0 bridgehead atoms. The van der Waals surface area contributed by atoms with Crippen LogP contribution in [0.1, 0.15) is 32.6 Å². The standard InChI is InChI=1S/C11H18N4/c1-2-9(7-8-3-4-8)13-11-6-5-10(12)14-15-11/h5-6,8-9H,2-4,7H2,1H3,(H2,12,14)(H,13,15). The van der Waals surface area contributed by atoms with Crippen LogP contribution in [-0.2, 0) is 0 Å². The highest BCUT2D eigenvalue weighted by atomic mass is 15.2. The van der Waals surface area contributed by atoms with Gasteiger partial charge in [-0.25, -0.2) is 0 Å². The molecule has 0 amide bonds. The van der Waals surface area contributed by atoms with Crippen molar-refractivity contribution in [2.75, 3.05) is 11.1 Å². The molecule has 15 heavy (non-hydrogen) atoms. The van der Waals surface area contributed by atoms with Crippen molar-refractivity contribution in [3.05, 3.63) is 12.1 Å². The summed E-state index contributed by atoms with van der Waals surface area (Å²) in [5, 5.41) is 11.2. The van der Waals surface area contributed by atoms with E-state index in [0.29, 0.717) is 11.9 Å². The first-order valence-corrected chi connectivity index (χ1v) is 5.63. The highest BCUT2D eigenvalue weighted by molar-refractivity contribution is 5.39. The zero-order valence-electron chi connectivity index (χ0n) is 9.11. The number of hydrogen-bond acceptors (Lipinski definition) is 4. The molecule has 4 heteroatoms. The van der Waals surface area contributed by atoms with Crippen molar-refractivity contribution in [3.8, 4) is 0 Å². The van der Waals surface area contributed by atoms with E-state index in [4.69, 9.17) is 5.73 Å². The number of anilines is 2. The van der Waals surface area contributed by atoms with Gasteiger partial charge in [-0.3, -0.25) is 0 Å². The summed E-state index contributed by atoms with van der Waals surface area (Å²) in [6.07, 6.45) is 5.17. The number of nitrogen functional groups attached to an aromatic ring is 1. The Balaban J connectivity index is 1.89. The lowest BCUT2D eigenvalue weighted by molar-refractivity contribution is 0.584. The lowest BCUT2D eigenvalue weighted by Gasteiger charge is -2.16. The second-order valence-corrected chi connectivity index (χ2v) is 4.27. The summed E-state index contributed by atoms with van der Waals surface area (Å²) >= 11 is 0. The molecule has 3 N–H and O–H groups in total. The molecule has 1 fully saturated rings. The van der Waals surface area contributed by atoms with Gasteiger partial charge in [-0.1, -0.05) is 19.8 Å². The van der Waals surface area contributed by atoms with Crippen LogP contribution in [0.3, 0.4) is 0 Å². The van der Waals surface area contributed by atoms with E-state index in [0.717, 1.165) is 18.2 Å². The third-order valence-electron chi connectivity index (χ3n) is 2.84. The van der Waals surface area contributed by atoms with Crippen molar-refractivity contribution in [1.29, 1.82) is 0 Å². The second kappa shape index (κ2) is 4.47. The number of hydrogen-bond donors (Lipinski definition) is 2. The lowest BCUT2D eigenvalue weighted by atomic mass is 10.1. The van der Waals surface area contributed by atoms with E-state index in [1.807, 2.05) is 6.07 Å². The number of nitrogens with zero attached hydrogens (tertiary/aromatic N) is 2. The van der Waals surface area contributed by atoms with Crippen LogP contribution in [0.15, 0.2) is 12.1 Å². The quantitative estimate of drug-likeness (QED) is 0.774. The maximum absolute atomic E-state index is 5.48. The Bertz CT molecular complexity index is 305. The van der Waals surface area contributed by atoms with Crippen LogP contribution >= 0.6 is 0 Å². The fourth-order valence-corrected chi connectivity index (χ4v) is 1.71. The first kappa shape index (κ1) is 10.2. The normalized spacial score (nSPS) is 17.4. The topological polar surface area (TPSA) is 63.8 Å². The van der Waals surface area contributed by atoms with Gasteiger partial charge in [0.05, 0.1) is 0 Å². The first-order chi connectivity index (χ1) is 7.28. The third-order valence-corrected chi connectivity index (χ3v) is 2.84. The van der Waals surface area contributed by atoms with Crippen molar-refractivity contribution in [3.63, 3.8) is 0 Å². The summed E-state index contributed by atoms with van der Waals surface area (Å²) in [6.45, 7) is 2.20. The van der Waals surface area contributed by atoms with Crippen LogP contribution in [0.25, 0.3) is 0 Å². The van der Waals surface area contributed by atoms with E-state index < -0.39 is 0 Å². The van der Waals surface area contributed by atoms with Crippen LogP contribution in [0.2, 0.25) is 0 Å². The van der Waals surface area contributed by atoms with Crippen LogP contribution in [0.5, 0.6) is 0 Å². The van der Waals surface area contributed by atoms with E-state index in [1.54, 1.807) is 6.07 Å². The van der Waals surface area contributed by atoms with Crippen LogP contribution in [-0.4, -0.2) is 16.2 Å². The Hall–Kier alpha value is -1.32. The molecule has 1 unspecified atom stereocenters. The SMILES string of the molecule is CCC(CC1CC1)Nc1ccc(N)nn1. The second-order valence-electron chi connectivity index (χ2n) is 4.27. The smallest absolute Gasteiger partial charge is 0.149 e. The summed E-state index contributed by atoms with van der Waals surface area (Å²) in [6, 6.07) is 4.19. The molecule has 0 spiro atoms. The zero-order chi connectivity index (χ0) is 10.7. The van der Waals surface area contributed by atoms with Gasteiger partial charge in [0.15, 0.2) is 0 Å². The van der Waals surface area contributed by atoms with Crippen LogP contribution in [0.4, 0.5) is 11.6 Å². The fraction of sp³-hybridized carbons (Fsp3) is 0.636. The molecule has 1 saturated carbocycles. The average Bonchev–Trinajstić information content (AvgIpc) is 3.04. The number of rotatable bonds is 5. The predicted molar refractivity (Wildman–Crippen MR) is 61.5 cm³/mol. The van der Waals surface area contributed by atoms with Crippen molar-refractivity contribution < 1.29 is 0 Å². The molecule has 0 aliphatic heterocycles. The summed E-state index contributed by atoms with van der Waals surface area (Å²) in [5.41, 5.74) is 5.48. The van der Waals surface area contributed by atoms with Crippen molar-refractivity contribution in [2.45, 2.75) is 38.6 Å². The predicted octanol–water partition coefficient (Wildman–Crippen LogP) is 2.05. The van der Waals surface area contributed by atoms with Gasteiger partial charge in [0, 0.05) is 6.04 Å². The molecule has 1 aromatic heterocycles.